The maximum Gasteiger partial charge on any atom is 0.337 e. The van der Waals surface area contributed by atoms with Crippen LogP contribution in [0, 0.1) is 0 Å². The van der Waals surface area contributed by atoms with Crippen molar-refractivity contribution in [1.82, 2.24) is 9.78 Å². The van der Waals surface area contributed by atoms with Gasteiger partial charge in [0.15, 0.2) is 0 Å². The summed E-state index contributed by atoms with van der Waals surface area (Å²) in [6.45, 7) is 3.23. The Kier molecular flexibility index (Phi) is 4.68. The van der Waals surface area contributed by atoms with Crippen LogP contribution >= 0.6 is 0 Å². The predicted molar refractivity (Wildman–Crippen MR) is 98.3 cm³/mol. The lowest BCUT2D eigenvalue weighted by atomic mass is 10.0. The molecule has 4 rings (SSSR count). The number of hydrogen-bond acceptors (Lipinski definition) is 5. The molecule has 2 aliphatic rings. The lowest BCUT2D eigenvalue weighted by Gasteiger charge is -2.26. The minimum absolute atomic E-state index is 0.276. The van der Waals surface area contributed by atoms with Gasteiger partial charge >= 0.3 is 5.97 Å². The van der Waals surface area contributed by atoms with E-state index in [0.717, 1.165) is 45.4 Å². The third-order valence-corrected chi connectivity index (χ3v) is 5.39. The first kappa shape index (κ1) is 17.1. The first-order valence-corrected chi connectivity index (χ1v) is 9.25. The molecule has 0 amide bonds. The average molecular weight is 355 g/mol. The zero-order chi connectivity index (χ0) is 18.1. The van der Waals surface area contributed by atoms with Gasteiger partial charge in [-0.15, -0.1) is 0 Å². The summed E-state index contributed by atoms with van der Waals surface area (Å²) in [5, 5.41) is 4.69. The van der Waals surface area contributed by atoms with Crippen LogP contribution in [-0.2, 0) is 42.5 Å². The number of nitrogens with zero attached hydrogens (tertiary/aromatic N) is 3. The van der Waals surface area contributed by atoms with E-state index in [1.54, 1.807) is 0 Å². The SMILES string of the molecule is COC(=O)c1ccc2c(c1)CCCCN2Cc1c2c(nn1C)CCOC2. The third-order valence-electron chi connectivity index (χ3n) is 5.39. The van der Waals surface area contributed by atoms with Crippen LogP contribution in [0.2, 0.25) is 0 Å². The van der Waals surface area contributed by atoms with E-state index in [0.29, 0.717) is 12.2 Å². The number of anilines is 1. The molecule has 0 N–H and O–H groups in total. The van der Waals surface area contributed by atoms with Gasteiger partial charge < -0.3 is 14.4 Å². The van der Waals surface area contributed by atoms with E-state index in [4.69, 9.17) is 14.6 Å². The fraction of sp³-hybridized carbons (Fsp3) is 0.500. The maximum absolute atomic E-state index is 11.9. The van der Waals surface area contributed by atoms with E-state index >= 15 is 0 Å². The molecule has 0 atom stereocenters. The fourth-order valence-corrected chi connectivity index (χ4v) is 3.99. The van der Waals surface area contributed by atoms with Crippen LogP contribution in [0.25, 0.3) is 0 Å². The smallest absolute Gasteiger partial charge is 0.337 e. The van der Waals surface area contributed by atoms with Gasteiger partial charge in [-0.1, -0.05) is 0 Å². The molecule has 0 aliphatic carbocycles. The third kappa shape index (κ3) is 3.09. The van der Waals surface area contributed by atoms with Crippen LogP contribution in [0.4, 0.5) is 5.69 Å². The van der Waals surface area contributed by atoms with Crippen LogP contribution in [0.5, 0.6) is 0 Å². The minimum atomic E-state index is -0.276. The van der Waals surface area contributed by atoms with Crippen LogP contribution in [0.3, 0.4) is 0 Å². The zero-order valence-electron chi connectivity index (χ0n) is 15.5. The van der Waals surface area contributed by atoms with Gasteiger partial charge in [-0.2, -0.15) is 5.10 Å². The summed E-state index contributed by atoms with van der Waals surface area (Å²) in [5.74, 6) is -0.276. The number of esters is 1. The standard InChI is InChI=1S/C20H25N3O3/c1-22-19(16-13-26-10-8-17(16)21-22)12-23-9-4-3-5-14-11-15(20(24)25-2)6-7-18(14)23/h6-7,11H,3-5,8-10,12-13H2,1-2H3. The van der Waals surface area contributed by atoms with Crippen LogP contribution in [0.1, 0.15) is 45.7 Å². The van der Waals surface area contributed by atoms with Crippen molar-refractivity contribution in [2.24, 2.45) is 7.05 Å². The van der Waals surface area contributed by atoms with E-state index in [-0.39, 0.29) is 5.97 Å². The molecule has 138 valence electrons. The molecule has 0 unspecified atom stereocenters. The zero-order valence-corrected chi connectivity index (χ0v) is 15.5. The average Bonchev–Trinajstić information content (AvgIpc) is 2.85. The molecule has 3 heterocycles. The number of aromatic nitrogens is 2. The Balaban J connectivity index is 1.66. The number of rotatable bonds is 3. The van der Waals surface area contributed by atoms with Crippen molar-refractivity contribution >= 4 is 11.7 Å². The quantitative estimate of drug-likeness (QED) is 0.792. The van der Waals surface area contributed by atoms with Crippen LogP contribution in [-0.4, -0.2) is 36.0 Å². The summed E-state index contributed by atoms with van der Waals surface area (Å²) >= 11 is 0. The van der Waals surface area contributed by atoms with E-state index in [9.17, 15) is 4.79 Å². The molecule has 0 saturated carbocycles. The minimum Gasteiger partial charge on any atom is -0.465 e. The van der Waals surface area contributed by atoms with Crippen molar-refractivity contribution in [2.75, 3.05) is 25.2 Å². The second-order valence-corrected chi connectivity index (χ2v) is 7.01. The number of benzene rings is 1. The van der Waals surface area contributed by atoms with Crippen LogP contribution < -0.4 is 4.90 Å². The fourth-order valence-electron chi connectivity index (χ4n) is 3.99. The second kappa shape index (κ2) is 7.11. The molecule has 0 radical (unpaired) electrons. The Labute approximate surface area is 153 Å². The van der Waals surface area contributed by atoms with Gasteiger partial charge in [0.05, 0.1) is 43.8 Å². The van der Waals surface area contributed by atoms with Gasteiger partial charge in [0.25, 0.3) is 0 Å². The van der Waals surface area contributed by atoms with Gasteiger partial charge in [-0.25, -0.2) is 4.79 Å². The Bertz CT molecular complexity index is 828. The number of carbonyl (C=O) groups excluding carboxylic acids is 1. The van der Waals surface area contributed by atoms with Gasteiger partial charge in [0.1, 0.15) is 0 Å². The van der Waals surface area contributed by atoms with E-state index in [1.165, 1.54) is 35.3 Å². The highest BCUT2D eigenvalue weighted by atomic mass is 16.5. The molecular weight excluding hydrogens is 330 g/mol. The summed E-state index contributed by atoms with van der Waals surface area (Å²) in [4.78, 5) is 14.3. The number of fused-ring (bicyclic) bond motifs is 2. The Hall–Kier alpha value is -2.34. The highest BCUT2D eigenvalue weighted by molar-refractivity contribution is 5.90. The van der Waals surface area contributed by atoms with Crippen molar-refractivity contribution < 1.29 is 14.3 Å². The second-order valence-electron chi connectivity index (χ2n) is 7.01. The number of carbonyl (C=O) groups is 1. The van der Waals surface area contributed by atoms with Crippen LogP contribution in [0.15, 0.2) is 18.2 Å². The molecule has 2 aromatic rings. The van der Waals surface area contributed by atoms with Crippen molar-refractivity contribution in [1.29, 1.82) is 0 Å². The molecule has 0 fully saturated rings. The number of methoxy groups -OCH3 is 1. The number of ether oxygens (including phenoxy) is 2. The molecule has 0 saturated heterocycles. The van der Waals surface area contributed by atoms with Gasteiger partial charge in [0.2, 0.25) is 0 Å². The van der Waals surface area contributed by atoms with E-state index in [1.807, 2.05) is 23.9 Å². The molecule has 6 heteroatoms. The summed E-state index contributed by atoms with van der Waals surface area (Å²) in [6, 6.07) is 5.92. The summed E-state index contributed by atoms with van der Waals surface area (Å²) in [7, 11) is 3.45. The Morgan fingerprint density at radius 3 is 3.04 bits per heavy atom. The van der Waals surface area contributed by atoms with Crippen molar-refractivity contribution in [3.8, 4) is 0 Å². The number of aryl methyl sites for hydroxylation is 2. The molecule has 6 nitrogen and oxygen atoms in total. The normalized spacial score (nSPS) is 16.6. The van der Waals surface area contributed by atoms with E-state index < -0.39 is 0 Å². The Morgan fingerprint density at radius 1 is 1.31 bits per heavy atom. The van der Waals surface area contributed by atoms with Crippen molar-refractivity contribution in [3.63, 3.8) is 0 Å². The summed E-state index contributed by atoms with van der Waals surface area (Å²) in [5.41, 5.74) is 6.70. The van der Waals surface area contributed by atoms with Gasteiger partial charge in [-0.3, -0.25) is 4.68 Å². The molecule has 2 aliphatic heterocycles. The molecule has 0 bridgehead atoms. The largest absolute Gasteiger partial charge is 0.465 e. The first-order chi connectivity index (χ1) is 12.7. The monoisotopic (exact) mass is 355 g/mol. The lowest BCUT2D eigenvalue weighted by molar-refractivity contribution is 0.0600. The van der Waals surface area contributed by atoms with Crippen molar-refractivity contribution in [3.05, 3.63) is 46.3 Å². The molecule has 26 heavy (non-hydrogen) atoms. The lowest BCUT2D eigenvalue weighted by Crippen LogP contribution is -2.26. The van der Waals surface area contributed by atoms with E-state index in [2.05, 4.69) is 11.0 Å². The summed E-state index contributed by atoms with van der Waals surface area (Å²) < 4.78 is 12.5. The highest BCUT2D eigenvalue weighted by Gasteiger charge is 2.24. The predicted octanol–water partition coefficient (Wildman–Crippen LogP) is 2.62. The first-order valence-electron chi connectivity index (χ1n) is 9.25. The van der Waals surface area contributed by atoms with Gasteiger partial charge in [-0.05, 0) is 43.0 Å². The van der Waals surface area contributed by atoms with Gasteiger partial charge in [0, 0.05) is 31.3 Å². The molecular formula is C20H25N3O3. The highest BCUT2D eigenvalue weighted by Crippen LogP contribution is 2.30. The van der Waals surface area contributed by atoms with Crippen molar-refractivity contribution in [2.45, 2.75) is 38.8 Å². The molecule has 1 aromatic heterocycles. The Morgan fingerprint density at radius 2 is 2.19 bits per heavy atom. The molecule has 1 aromatic carbocycles. The number of hydrogen-bond donors (Lipinski definition) is 0. The maximum atomic E-state index is 11.9. The topological polar surface area (TPSA) is 56.6 Å². The molecule has 0 spiro atoms. The summed E-state index contributed by atoms with van der Waals surface area (Å²) in [6.07, 6.45) is 4.14.